The molecule has 0 bridgehead atoms. The molecule has 0 spiro atoms. The van der Waals surface area contributed by atoms with E-state index in [2.05, 4.69) is 10.5 Å². The summed E-state index contributed by atoms with van der Waals surface area (Å²) >= 11 is 0. The van der Waals surface area contributed by atoms with Crippen molar-refractivity contribution in [3.05, 3.63) is 53.6 Å². The Morgan fingerprint density at radius 2 is 1.97 bits per heavy atom. The van der Waals surface area contributed by atoms with Crippen LogP contribution in [0.3, 0.4) is 0 Å². The number of rotatable bonds is 8. The number of carbonyl (C=O) groups is 2. The molecule has 0 saturated carbocycles. The molecular weight excluding hydrogens is 374 g/mol. The summed E-state index contributed by atoms with van der Waals surface area (Å²) in [5.41, 5.74) is 3.36. The molecule has 1 atom stereocenters. The van der Waals surface area contributed by atoms with E-state index in [9.17, 15) is 14.7 Å². The monoisotopic (exact) mass is 399 g/mol. The van der Waals surface area contributed by atoms with E-state index in [0.29, 0.717) is 29.2 Å². The van der Waals surface area contributed by atoms with Gasteiger partial charge in [-0.25, -0.2) is 5.43 Å². The van der Waals surface area contributed by atoms with Crippen LogP contribution < -0.4 is 14.9 Å². The zero-order chi connectivity index (χ0) is 21.4. The normalized spacial score (nSPS) is 11.7. The minimum atomic E-state index is -0.662. The number of likely N-dealkylation sites (N-methyl/N-ethyl adjacent to an activating group) is 1. The summed E-state index contributed by atoms with van der Waals surface area (Å²) in [6.45, 7) is 3.93. The molecule has 2 N–H and O–H groups in total. The molecule has 0 unspecified atom stereocenters. The highest BCUT2D eigenvalue weighted by atomic mass is 16.5. The van der Waals surface area contributed by atoms with E-state index >= 15 is 0 Å². The number of amides is 2. The van der Waals surface area contributed by atoms with Gasteiger partial charge >= 0.3 is 0 Å². The highest BCUT2D eigenvalue weighted by molar-refractivity contribution is 5.95. The van der Waals surface area contributed by atoms with Crippen molar-refractivity contribution in [2.24, 2.45) is 5.10 Å². The van der Waals surface area contributed by atoms with Gasteiger partial charge in [-0.1, -0.05) is 6.07 Å². The van der Waals surface area contributed by atoms with Gasteiger partial charge in [0, 0.05) is 19.7 Å². The van der Waals surface area contributed by atoms with Crippen LogP contribution in [0.15, 0.2) is 47.6 Å². The lowest BCUT2D eigenvalue weighted by Gasteiger charge is -2.20. The largest absolute Gasteiger partial charge is 0.508 e. The number of aromatic hydroxyl groups is 1. The summed E-state index contributed by atoms with van der Waals surface area (Å²) in [5.74, 6) is 0.302. The molecule has 2 aromatic rings. The first-order valence-electron chi connectivity index (χ1n) is 9.09. The lowest BCUT2D eigenvalue weighted by Crippen LogP contribution is -2.35. The molecule has 2 amide bonds. The van der Waals surface area contributed by atoms with Crippen LogP contribution in [-0.4, -0.2) is 54.8 Å². The van der Waals surface area contributed by atoms with Gasteiger partial charge in [-0.3, -0.25) is 9.59 Å². The Labute approximate surface area is 169 Å². The van der Waals surface area contributed by atoms with Crippen molar-refractivity contribution < 1.29 is 24.2 Å². The molecule has 0 aliphatic rings. The van der Waals surface area contributed by atoms with Crippen LogP contribution in [0.25, 0.3) is 0 Å². The van der Waals surface area contributed by atoms with E-state index in [-0.39, 0.29) is 11.7 Å². The summed E-state index contributed by atoms with van der Waals surface area (Å²) < 4.78 is 11.3. The zero-order valence-corrected chi connectivity index (χ0v) is 16.9. The second-order valence-electron chi connectivity index (χ2n) is 6.38. The first kappa shape index (κ1) is 21.7. The summed E-state index contributed by atoms with van der Waals surface area (Å²) in [5, 5.41) is 13.4. The third-order valence-corrected chi connectivity index (χ3v) is 3.85. The lowest BCUT2D eigenvalue weighted by molar-refractivity contribution is -0.135. The fourth-order valence-electron chi connectivity index (χ4n) is 2.45. The first-order chi connectivity index (χ1) is 13.8. The number of nitrogens with one attached hydrogen (secondary N) is 1. The number of nitrogens with zero attached hydrogens (tertiary/aromatic N) is 2. The summed E-state index contributed by atoms with van der Waals surface area (Å²) in [6, 6.07) is 11.1. The molecule has 0 fully saturated rings. The summed E-state index contributed by atoms with van der Waals surface area (Å²) in [4.78, 5) is 25.5. The minimum absolute atomic E-state index is 0.000510. The molecular formula is C21H25N3O5. The Morgan fingerprint density at radius 1 is 1.21 bits per heavy atom. The fourth-order valence-corrected chi connectivity index (χ4v) is 2.45. The zero-order valence-electron chi connectivity index (χ0n) is 16.9. The predicted molar refractivity (Wildman–Crippen MR) is 110 cm³/mol. The molecule has 0 aliphatic heterocycles. The van der Waals surface area contributed by atoms with E-state index in [1.54, 1.807) is 51.4 Å². The van der Waals surface area contributed by atoms with Gasteiger partial charge in [0.2, 0.25) is 0 Å². The second kappa shape index (κ2) is 10.1. The lowest BCUT2D eigenvalue weighted by atomic mass is 10.2. The van der Waals surface area contributed by atoms with Gasteiger partial charge in [0.1, 0.15) is 5.75 Å². The molecule has 0 heterocycles. The maximum atomic E-state index is 12.0. The number of ether oxygens (including phenoxy) is 2. The van der Waals surface area contributed by atoms with Crippen LogP contribution in [0.2, 0.25) is 0 Å². The number of phenols is 1. The number of hydrazone groups is 1. The number of carbonyl (C=O) groups excluding carboxylic acids is 2. The van der Waals surface area contributed by atoms with Gasteiger partial charge in [0.05, 0.1) is 12.8 Å². The van der Waals surface area contributed by atoms with Crippen LogP contribution >= 0.6 is 0 Å². The third kappa shape index (κ3) is 6.24. The predicted octanol–water partition coefficient (Wildman–Crippen LogP) is 2.41. The highest BCUT2D eigenvalue weighted by Crippen LogP contribution is 2.29. The van der Waals surface area contributed by atoms with E-state index in [0.717, 1.165) is 0 Å². The van der Waals surface area contributed by atoms with Crippen LogP contribution in [0.1, 0.15) is 29.8 Å². The smallest absolute Gasteiger partial charge is 0.271 e. The topological polar surface area (TPSA) is 100 Å². The Balaban J connectivity index is 2.09. The standard InChI is InChI=1S/C21H25N3O5/c1-5-28-19-11-15(9-10-18(19)29-14(2)21(27)24(3)4)13-22-23-20(26)16-7-6-8-17(25)12-16/h6-14,25H,5H2,1-4H3,(H,23,26)/b22-13-/t14-/m1/s1. The van der Waals surface area contributed by atoms with Gasteiger partial charge in [-0.05, 0) is 55.8 Å². The van der Waals surface area contributed by atoms with Crippen LogP contribution in [0, 0.1) is 0 Å². The van der Waals surface area contributed by atoms with Crippen molar-refractivity contribution in [3.63, 3.8) is 0 Å². The number of hydrogen-bond donors (Lipinski definition) is 2. The molecule has 0 aromatic heterocycles. The average molecular weight is 399 g/mol. The quantitative estimate of drug-likeness (QED) is 0.524. The van der Waals surface area contributed by atoms with Crippen molar-refractivity contribution in [3.8, 4) is 17.2 Å². The van der Waals surface area contributed by atoms with Gasteiger partial charge in [0.15, 0.2) is 17.6 Å². The van der Waals surface area contributed by atoms with Gasteiger partial charge in [-0.2, -0.15) is 5.10 Å². The Hall–Kier alpha value is -3.55. The van der Waals surface area contributed by atoms with Gasteiger partial charge in [-0.15, -0.1) is 0 Å². The maximum Gasteiger partial charge on any atom is 0.271 e. The van der Waals surface area contributed by atoms with Crippen molar-refractivity contribution in [1.82, 2.24) is 10.3 Å². The van der Waals surface area contributed by atoms with Crippen molar-refractivity contribution >= 4 is 18.0 Å². The molecule has 8 nitrogen and oxygen atoms in total. The Bertz CT molecular complexity index is 896. The molecule has 0 radical (unpaired) electrons. The SMILES string of the molecule is CCOc1cc(/C=N\NC(=O)c2cccc(O)c2)ccc1O[C@H](C)C(=O)N(C)C. The van der Waals surface area contributed by atoms with Crippen molar-refractivity contribution in [2.45, 2.75) is 20.0 Å². The summed E-state index contributed by atoms with van der Waals surface area (Å²) in [7, 11) is 3.33. The summed E-state index contributed by atoms with van der Waals surface area (Å²) in [6.07, 6.45) is 0.798. The highest BCUT2D eigenvalue weighted by Gasteiger charge is 2.18. The average Bonchev–Trinajstić information content (AvgIpc) is 2.69. The number of phenolic OH excluding ortho intramolecular Hbond substituents is 1. The third-order valence-electron chi connectivity index (χ3n) is 3.85. The van der Waals surface area contributed by atoms with Crippen LogP contribution in [-0.2, 0) is 4.79 Å². The molecule has 0 aliphatic carbocycles. The van der Waals surface area contributed by atoms with Crippen molar-refractivity contribution in [1.29, 1.82) is 0 Å². The van der Waals surface area contributed by atoms with Crippen molar-refractivity contribution in [2.75, 3.05) is 20.7 Å². The van der Waals surface area contributed by atoms with E-state index in [1.807, 2.05) is 6.92 Å². The molecule has 29 heavy (non-hydrogen) atoms. The van der Waals surface area contributed by atoms with E-state index in [4.69, 9.17) is 9.47 Å². The van der Waals surface area contributed by atoms with E-state index in [1.165, 1.54) is 23.2 Å². The molecule has 154 valence electrons. The number of hydrogen-bond acceptors (Lipinski definition) is 6. The van der Waals surface area contributed by atoms with Crippen LogP contribution in [0.4, 0.5) is 0 Å². The molecule has 8 heteroatoms. The first-order valence-corrected chi connectivity index (χ1v) is 9.09. The van der Waals surface area contributed by atoms with Gasteiger partial charge < -0.3 is 19.5 Å². The Morgan fingerprint density at radius 3 is 2.62 bits per heavy atom. The van der Waals surface area contributed by atoms with Crippen LogP contribution in [0.5, 0.6) is 17.2 Å². The second-order valence-corrected chi connectivity index (χ2v) is 6.38. The Kier molecular flexibility index (Phi) is 7.59. The number of benzene rings is 2. The molecule has 0 saturated heterocycles. The maximum absolute atomic E-state index is 12.0. The van der Waals surface area contributed by atoms with Gasteiger partial charge in [0.25, 0.3) is 11.8 Å². The molecule has 2 aromatic carbocycles. The minimum Gasteiger partial charge on any atom is -0.508 e. The van der Waals surface area contributed by atoms with E-state index < -0.39 is 12.0 Å². The molecule has 2 rings (SSSR count). The fraction of sp³-hybridized carbons (Fsp3) is 0.286.